The van der Waals surface area contributed by atoms with Crippen LogP contribution in [0.5, 0.6) is 0 Å². The molecule has 10 heteroatoms. The molecule has 17 rings (SSSR count). The van der Waals surface area contributed by atoms with Crippen LogP contribution in [0.2, 0.25) is 0 Å². The van der Waals surface area contributed by atoms with Crippen LogP contribution in [0.1, 0.15) is 105 Å². The van der Waals surface area contributed by atoms with E-state index in [-0.39, 0.29) is 21.7 Å². The molecule has 8 aromatic carbocycles. The van der Waals surface area contributed by atoms with Crippen LogP contribution in [0.4, 0.5) is 0 Å². The highest BCUT2D eigenvalue weighted by molar-refractivity contribution is 6.01. The summed E-state index contributed by atoms with van der Waals surface area (Å²) in [5.41, 5.74) is 34.5. The highest BCUT2D eigenvalue weighted by Crippen LogP contribution is 2.48. The number of aromatic nitrogens is 10. The highest BCUT2D eigenvalue weighted by Gasteiger charge is 2.26. The fraction of sp³-hybridized carbons (Fsp3) is 0.148. The van der Waals surface area contributed by atoms with Crippen molar-refractivity contribution >= 4 is 0 Å². The van der Waals surface area contributed by atoms with Gasteiger partial charge in [-0.15, -0.1) is 0 Å². The maximum absolute atomic E-state index is 5.26. The number of benzene rings is 8. The van der Waals surface area contributed by atoms with Gasteiger partial charge < -0.3 is 0 Å². The molecule has 10 nitrogen and oxygen atoms in total. The third-order valence-electron chi connectivity index (χ3n) is 22.3. The quantitative estimate of drug-likeness (QED) is 0.0922. The van der Waals surface area contributed by atoms with Crippen molar-refractivity contribution in [1.82, 2.24) is 49.8 Å². The lowest BCUT2D eigenvalue weighted by Crippen LogP contribution is -2.11. The van der Waals surface area contributed by atoms with Gasteiger partial charge in [0, 0.05) is 134 Å². The summed E-state index contributed by atoms with van der Waals surface area (Å²) in [5.74, 6) is 0.639. The molecule has 0 saturated heterocycles. The predicted molar refractivity (Wildman–Crippen MR) is 486 cm³/mol. The second-order valence-corrected chi connectivity index (χ2v) is 34.6. The standard InChI is InChI=1S/C108H92N10/c1-105(2,3)85-45-55-109-95(65-85)69-25-35-74(36-26-69)100-91(21-14-49-113-100)81-59-79(60-82(63-81)92-22-15-50-114-101(92)75-37-27-70(28-38-75)96-66-86(46-56-110-96)106(4,5)6)89-19-13-20-90(99(89)73-33-43-78(44-34-73)104-117-53-18-54-118-104)80-61-83(93-23-16-51-115-102(93)76-39-29-71(30-40-76)97-67-87(47-57-111-97)107(7,8)9)64-84(62-80)94-24-17-52-116-103(94)77-41-31-72(32-42-77)98-68-88(48-58-112-98)108(10,11)12/h13-68H,1-12H3. The second-order valence-electron chi connectivity index (χ2n) is 34.6. The molecule has 0 fully saturated rings. The molecule has 0 saturated carbocycles. The van der Waals surface area contributed by atoms with E-state index in [2.05, 4.69) is 332 Å². The van der Waals surface area contributed by atoms with E-state index in [1.165, 1.54) is 22.3 Å². The maximum atomic E-state index is 5.26. The third kappa shape index (κ3) is 16.1. The molecule has 17 aromatic rings. The van der Waals surface area contributed by atoms with E-state index in [0.29, 0.717) is 5.82 Å². The SMILES string of the molecule is CC(C)(C)c1ccnc(-c2ccc(-c3ncccc3-c3cc(-c4cccnc4-c4ccc(-c5cc(C(C)(C)C)ccn5)cc4)cc(-c4cccc(-c5cc(-c6cccnc6-c6ccc(-c7cc(C(C)(C)C)ccn7)cc6)cc(-c6cccnc6-c6ccc(-c7cc(C(C)(C)C)ccn7)cc6)c5)c4-c4ccc(-c5ncccn5)cc4)c3)cc2)c1. The van der Waals surface area contributed by atoms with Crippen molar-refractivity contribution in [3.8, 4) is 179 Å². The van der Waals surface area contributed by atoms with Gasteiger partial charge in [-0.3, -0.25) is 39.9 Å². The molecule has 0 N–H and O–H groups in total. The van der Waals surface area contributed by atoms with Crippen molar-refractivity contribution in [2.45, 2.75) is 105 Å². The minimum absolute atomic E-state index is 0.0386. The Morgan fingerprint density at radius 3 is 0.644 bits per heavy atom. The van der Waals surface area contributed by atoms with Crippen molar-refractivity contribution in [2.24, 2.45) is 0 Å². The van der Waals surface area contributed by atoms with Crippen LogP contribution in [-0.4, -0.2) is 49.8 Å². The average Bonchev–Trinajstić information content (AvgIpc) is 0.751. The number of hydrogen-bond donors (Lipinski definition) is 0. The van der Waals surface area contributed by atoms with Crippen LogP contribution in [0, 0.1) is 0 Å². The maximum Gasteiger partial charge on any atom is 0.159 e. The molecule has 9 aromatic heterocycles. The minimum Gasteiger partial charge on any atom is -0.256 e. The van der Waals surface area contributed by atoms with Gasteiger partial charge in [-0.05, 0) is 215 Å². The van der Waals surface area contributed by atoms with Crippen LogP contribution >= 0.6 is 0 Å². The van der Waals surface area contributed by atoms with Gasteiger partial charge in [-0.2, -0.15) is 0 Å². The van der Waals surface area contributed by atoms with E-state index in [1.807, 2.05) is 79.9 Å². The monoisotopic (exact) mass is 1530 g/mol. The van der Waals surface area contributed by atoms with E-state index >= 15 is 0 Å². The van der Waals surface area contributed by atoms with Gasteiger partial charge in [0.2, 0.25) is 0 Å². The first kappa shape index (κ1) is 76.7. The zero-order chi connectivity index (χ0) is 81.5. The summed E-state index contributed by atoms with van der Waals surface area (Å²) in [6, 6.07) is 100. The molecule has 0 radical (unpaired) electrons. The molecule has 0 atom stereocenters. The fourth-order valence-electron chi connectivity index (χ4n) is 15.7. The Hall–Kier alpha value is -14.0. The van der Waals surface area contributed by atoms with Crippen molar-refractivity contribution in [3.05, 3.63) is 363 Å². The summed E-state index contributed by atoms with van der Waals surface area (Å²) in [6.07, 6.45) is 18.8. The van der Waals surface area contributed by atoms with Gasteiger partial charge in [0.05, 0.1) is 45.6 Å². The number of hydrogen-bond acceptors (Lipinski definition) is 10. The van der Waals surface area contributed by atoms with Gasteiger partial charge in [-0.25, -0.2) is 9.97 Å². The molecule has 0 unspecified atom stereocenters. The zero-order valence-electron chi connectivity index (χ0n) is 68.8. The molecular weight excluding hydrogens is 1440 g/mol. The highest BCUT2D eigenvalue weighted by atomic mass is 14.9. The largest absolute Gasteiger partial charge is 0.256 e. The summed E-state index contributed by atoms with van der Waals surface area (Å²) in [5, 5.41) is 0. The molecular formula is C108H92N10. The van der Waals surface area contributed by atoms with E-state index in [9.17, 15) is 0 Å². The Morgan fingerprint density at radius 2 is 0.381 bits per heavy atom. The molecule has 0 aliphatic carbocycles. The van der Waals surface area contributed by atoms with Crippen molar-refractivity contribution in [2.75, 3.05) is 0 Å². The van der Waals surface area contributed by atoms with Gasteiger partial charge in [0.25, 0.3) is 0 Å². The Kier molecular flexibility index (Phi) is 20.6. The van der Waals surface area contributed by atoms with Crippen molar-refractivity contribution in [1.29, 1.82) is 0 Å². The minimum atomic E-state index is -0.0386. The average molecular weight is 1530 g/mol. The molecule has 0 bridgehead atoms. The summed E-state index contributed by atoms with van der Waals surface area (Å²) < 4.78 is 0. The van der Waals surface area contributed by atoms with Crippen LogP contribution in [0.3, 0.4) is 0 Å². The fourth-order valence-corrected chi connectivity index (χ4v) is 15.7. The van der Waals surface area contributed by atoms with Crippen molar-refractivity contribution in [3.63, 3.8) is 0 Å². The summed E-state index contributed by atoms with van der Waals surface area (Å²) in [7, 11) is 0. The number of nitrogens with zero attached hydrogens (tertiary/aromatic N) is 10. The lowest BCUT2D eigenvalue weighted by molar-refractivity contribution is 0.589. The Balaban J connectivity index is 0.877. The smallest absolute Gasteiger partial charge is 0.159 e. The van der Waals surface area contributed by atoms with Crippen LogP contribution in [0.15, 0.2) is 341 Å². The van der Waals surface area contributed by atoms with Crippen LogP contribution < -0.4 is 0 Å². The van der Waals surface area contributed by atoms with Gasteiger partial charge >= 0.3 is 0 Å². The second kappa shape index (κ2) is 31.7. The molecule has 0 amide bonds. The van der Waals surface area contributed by atoms with Crippen LogP contribution in [-0.2, 0) is 21.7 Å². The first-order valence-electron chi connectivity index (χ1n) is 40.4. The lowest BCUT2D eigenvalue weighted by Gasteiger charge is -2.21. The van der Waals surface area contributed by atoms with E-state index in [4.69, 9.17) is 49.8 Å². The Bertz CT molecular complexity index is 5860. The Labute approximate surface area is 692 Å². The first-order valence-corrected chi connectivity index (χ1v) is 40.4. The van der Waals surface area contributed by atoms with Gasteiger partial charge in [0.15, 0.2) is 5.82 Å². The third-order valence-corrected chi connectivity index (χ3v) is 22.3. The van der Waals surface area contributed by atoms with E-state index in [1.54, 1.807) is 12.4 Å². The summed E-state index contributed by atoms with van der Waals surface area (Å²) in [6.45, 7) is 26.8. The number of pyridine rings is 8. The molecule has 118 heavy (non-hydrogen) atoms. The van der Waals surface area contributed by atoms with Crippen LogP contribution in [0.25, 0.3) is 179 Å². The number of rotatable bonds is 16. The molecule has 0 aliphatic heterocycles. The zero-order valence-corrected chi connectivity index (χ0v) is 68.8. The Morgan fingerprint density at radius 1 is 0.161 bits per heavy atom. The molecule has 9 heterocycles. The van der Waals surface area contributed by atoms with Gasteiger partial charge in [-0.1, -0.05) is 247 Å². The molecule has 0 aliphatic rings. The lowest BCUT2D eigenvalue weighted by atomic mass is 9.83. The van der Waals surface area contributed by atoms with E-state index < -0.39 is 0 Å². The molecule has 0 spiro atoms. The normalized spacial score (nSPS) is 11.9. The van der Waals surface area contributed by atoms with Gasteiger partial charge in [0.1, 0.15) is 0 Å². The first-order chi connectivity index (χ1) is 57.0. The topological polar surface area (TPSA) is 129 Å². The summed E-state index contributed by atoms with van der Waals surface area (Å²) in [4.78, 5) is 49.9. The van der Waals surface area contributed by atoms with E-state index in [0.717, 1.165) is 174 Å². The molecule has 574 valence electrons. The predicted octanol–water partition coefficient (Wildman–Crippen LogP) is 27.5. The van der Waals surface area contributed by atoms with Crippen molar-refractivity contribution < 1.29 is 0 Å². The summed E-state index contributed by atoms with van der Waals surface area (Å²) >= 11 is 0.